The van der Waals surface area contributed by atoms with Crippen LogP contribution in [0.4, 0.5) is 5.82 Å². The average Bonchev–Trinajstić information content (AvgIpc) is 2.66. The van der Waals surface area contributed by atoms with E-state index in [1.165, 1.54) is 5.56 Å². The number of rotatable bonds is 4. The highest BCUT2D eigenvalue weighted by atomic mass is 15.2. The summed E-state index contributed by atoms with van der Waals surface area (Å²) in [4.78, 5) is 4.89. The van der Waals surface area contributed by atoms with Crippen LogP contribution in [0.1, 0.15) is 72.1 Å². The summed E-state index contributed by atoms with van der Waals surface area (Å²) >= 11 is 0. The van der Waals surface area contributed by atoms with Crippen molar-refractivity contribution < 1.29 is 0 Å². The van der Waals surface area contributed by atoms with Gasteiger partial charge in [-0.1, -0.05) is 40.7 Å². The van der Waals surface area contributed by atoms with E-state index in [9.17, 15) is 0 Å². The van der Waals surface area contributed by atoms with E-state index in [1.54, 1.807) is 0 Å². The summed E-state index contributed by atoms with van der Waals surface area (Å²) in [6, 6.07) is 4.21. The third-order valence-corrected chi connectivity index (χ3v) is 3.85. The van der Waals surface area contributed by atoms with E-state index in [0.717, 1.165) is 23.6 Å². The van der Waals surface area contributed by atoms with Gasteiger partial charge < -0.3 is 5.32 Å². The van der Waals surface area contributed by atoms with Crippen LogP contribution in [-0.4, -0.2) is 14.9 Å². The van der Waals surface area contributed by atoms with Gasteiger partial charge in [-0.3, -0.25) is 4.40 Å². The van der Waals surface area contributed by atoms with Crippen molar-refractivity contribution in [2.45, 2.75) is 73.3 Å². The highest BCUT2D eigenvalue weighted by Crippen LogP contribution is 2.33. The number of nitrogens with zero attached hydrogens (tertiary/aromatic N) is 2. The van der Waals surface area contributed by atoms with Crippen LogP contribution in [-0.2, 0) is 0 Å². The third kappa shape index (κ3) is 3.63. The van der Waals surface area contributed by atoms with Gasteiger partial charge >= 0.3 is 0 Å². The summed E-state index contributed by atoms with van der Waals surface area (Å²) in [7, 11) is 0. The maximum absolute atomic E-state index is 4.89. The fourth-order valence-corrected chi connectivity index (χ4v) is 3.44. The summed E-state index contributed by atoms with van der Waals surface area (Å²) in [5.41, 5.74) is 3.72. The highest BCUT2D eigenvalue weighted by Gasteiger charge is 2.28. The molecule has 122 valence electrons. The lowest BCUT2D eigenvalue weighted by Crippen LogP contribution is -2.36. The van der Waals surface area contributed by atoms with Gasteiger partial charge in [-0.05, 0) is 50.2 Å². The summed E-state index contributed by atoms with van der Waals surface area (Å²) < 4.78 is 2.20. The Kier molecular flexibility index (Phi) is 4.29. The topological polar surface area (TPSA) is 29.3 Å². The van der Waals surface area contributed by atoms with Gasteiger partial charge in [-0.25, -0.2) is 4.98 Å². The lowest BCUT2D eigenvalue weighted by atomic mass is 9.82. The molecule has 22 heavy (non-hydrogen) atoms. The Bertz CT molecular complexity index is 657. The number of pyridine rings is 1. The Morgan fingerprint density at radius 2 is 1.82 bits per heavy atom. The van der Waals surface area contributed by atoms with Crippen LogP contribution < -0.4 is 5.32 Å². The van der Waals surface area contributed by atoms with Crippen LogP contribution >= 0.6 is 0 Å². The fourth-order valence-electron chi connectivity index (χ4n) is 3.44. The zero-order valence-corrected chi connectivity index (χ0v) is 15.4. The molecule has 0 radical (unpaired) electrons. The number of hydrogen-bond donors (Lipinski definition) is 1. The maximum atomic E-state index is 4.89. The highest BCUT2D eigenvalue weighted by molar-refractivity contribution is 5.60. The zero-order valence-electron chi connectivity index (χ0n) is 15.4. The Hall–Kier alpha value is -1.51. The van der Waals surface area contributed by atoms with Crippen molar-refractivity contribution in [1.29, 1.82) is 0 Å². The van der Waals surface area contributed by atoms with Crippen LogP contribution in [0, 0.1) is 12.3 Å². The average molecular weight is 301 g/mol. The Labute approximate surface area is 135 Å². The minimum atomic E-state index is 0.0155. The predicted octanol–water partition coefficient (Wildman–Crippen LogP) is 5.39. The van der Waals surface area contributed by atoms with Gasteiger partial charge in [0.25, 0.3) is 0 Å². The number of imidazole rings is 1. The minimum absolute atomic E-state index is 0.0155. The van der Waals surface area contributed by atoms with Crippen LogP contribution in [0.5, 0.6) is 0 Å². The first-order valence-electron chi connectivity index (χ1n) is 8.26. The molecular formula is C19H31N3. The molecule has 2 rings (SSSR count). The normalized spacial score (nSPS) is 13.1. The fraction of sp³-hybridized carbons (Fsp3) is 0.632. The van der Waals surface area contributed by atoms with Crippen molar-refractivity contribution in [2.24, 2.45) is 5.41 Å². The number of nitrogens with one attached hydrogen (secondary N) is 1. The van der Waals surface area contributed by atoms with Crippen molar-refractivity contribution in [3.05, 3.63) is 29.6 Å². The molecule has 2 aromatic heterocycles. The second kappa shape index (κ2) is 5.60. The van der Waals surface area contributed by atoms with E-state index in [4.69, 9.17) is 4.98 Å². The molecule has 0 fully saturated rings. The van der Waals surface area contributed by atoms with E-state index < -0.39 is 0 Å². The van der Waals surface area contributed by atoms with E-state index in [1.807, 2.05) is 0 Å². The van der Waals surface area contributed by atoms with Crippen LogP contribution in [0.25, 0.3) is 5.65 Å². The summed E-state index contributed by atoms with van der Waals surface area (Å²) in [6.07, 6.45) is 3.20. The lowest BCUT2D eigenvalue weighted by molar-refractivity contribution is 0.301. The molecule has 3 nitrogen and oxygen atoms in total. The number of aryl methyl sites for hydroxylation is 1. The van der Waals surface area contributed by atoms with Gasteiger partial charge in [0.05, 0.1) is 5.69 Å². The molecule has 0 aliphatic rings. The van der Waals surface area contributed by atoms with Crippen LogP contribution in [0.2, 0.25) is 0 Å². The summed E-state index contributed by atoms with van der Waals surface area (Å²) in [5, 5.41) is 3.78. The molecule has 0 aliphatic heterocycles. The van der Waals surface area contributed by atoms with Gasteiger partial charge in [-0.2, -0.15) is 0 Å². The summed E-state index contributed by atoms with van der Waals surface area (Å²) in [6.45, 7) is 18.0. The smallest absolute Gasteiger partial charge is 0.141 e. The van der Waals surface area contributed by atoms with E-state index >= 15 is 0 Å². The molecule has 0 atom stereocenters. The van der Waals surface area contributed by atoms with Crippen molar-refractivity contribution in [3.8, 4) is 0 Å². The number of hydrogen-bond acceptors (Lipinski definition) is 2. The molecule has 0 bridgehead atoms. The molecule has 0 saturated carbocycles. The van der Waals surface area contributed by atoms with Crippen molar-refractivity contribution in [2.75, 3.05) is 5.32 Å². The Morgan fingerprint density at radius 1 is 1.18 bits per heavy atom. The van der Waals surface area contributed by atoms with Crippen molar-refractivity contribution in [3.63, 3.8) is 0 Å². The number of aromatic nitrogens is 2. The largest absolute Gasteiger partial charge is 0.365 e. The van der Waals surface area contributed by atoms with Gasteiger partial charge in [0.1, 0.15) is 11.5 Å². The number of fused-ring (bicyclic) bond motifs is 1. The van der Waals surface area contributed by atoms with Crippen LogP contribution in [0.15, 0.2) is 18.3 Å². The molecule has 0 aromatic carbocycles. The molecule has 2 aromatic rings. The Morgan fingerprint density at radius 3 is 2.36 bits per heavy atom. The molecule has 0 unspecified atom stereocenters. The summed E-state index contributed by atoms with van der Waals surface area (Å²) in [5.74, 6) is 1.54. The van der Waals surface area contributed by atoms with E-state index in [-0.39, 0.29) is 11.0 Å². The SMILES string of the molecule is Cc1cccn2c(NC(C)(C)CC(C)(C)C)c(C(C)C)nc12. The first-order chi connectivity index (χ1) is 10.0. The molecular weight excluding hydrogens is 270 g/mol. The van der Waals surface area contributed by atoms with Crippen LogP contribution in [0.3, 0.4) is 0 Å². The molecule has 0 spiro atoms. The second-order valence-corrected chi connectivity index (χ2v) is 8.63. The monoisotopic (exact) mass is 301 g/mol. The van der Waals surface area contributed by atoms with Crippen molar-refractivity contribution in [1.82, 2.24) is 9.38 Å². The zero-order chi connectivity index (χ0) is 16.7. The molecule has 3 heteroatoms. The maximum Gasteiger partial charge on any atom is 0.141 e. The van der Waals surface area contributed by atoms with E-state index in [2.05, 4.69) is 83.4 Å². The molecule has 0 aliphatic carbocycles. The lowest BCUT2D eigenvalue weighted by Gasteiger charge is -2.34. The molecule has 1 N–H and O–H groups in total. The van der Waals surface area contributed by atoms with E-state index in [0.29, 0.717) is 5.92 Å². The van der Waals surface area contributed by atoms with Gasteiger partial charge in [0.15, 0.2) is 0 Å². The number of anilines is 1. The van der Waals surface area contributed by atoms with Gasteiger partial charge in [0.2, 0.25) is 0 Å². The van der Waals surface area contributed by atoms with Crippen molar-refractivity contribution >= 4 is 11.5 Å². The molecule has 2 heterocycles. The van der Waals surface area contributed by atoms with Gasteiger partial charge in [-0.15, -0.1) is 0 Å². The Balaban J connectivity index is 2.50. The first-order valence-corrected chi connectivity index (χ1v) is 8.26. The first kappa shape index (κ1) is 16.9. The molecule has 0 saturated heterocycles. The third-order valence-electron chi connectivity index (χ3n) is 3.85. The quantitative estimate of drug-likeness (QED) is 0.820. The second-order valence-electron chi connectivity index (χ2n) is 8.63. The molecule has 0 amide bonds. The standard InChI is InChI=1S/C19H31N3/c1-13(2)15-17(21-19(7,8)12-18(4,5)6)22-11-9-10-14(3)16(22)20-15/h9-11,13,21H,12H2,1-8H3. The van der Waals surface area contributed by atoms with Gasteiger partial charge in [0, 0.05) is 11.7 Å². The predicted molar refractivity (Wildman–Crippen MR) is 95.8 cm³/mol. The minimum Gasteiger partial charge on any atom is -0.365 e.